The van der Waals surface area contributed by atoms with Crippen molar-refractivity contribution in [3.63, 3.8) is 0 Å². The van der Waals surface area contributed by atoms with Gasteiger partial charge in [0, 0.05) is 21.0 Å². The third-order valence-electron chi connectivity index (χ3n) is 5.15. The van der Waals surface area contributed by atoms with Gasteiger partial charge in [0.2, 0.25) is 0 Å². The van der Waals surface area contributed by atoms with Crippen LogP contribution in [0.15, 0.2) is 75.3 Å². The molecule has 2 aliphatic heterocycles. The van der Waals surface area contributed by atoms with Crippen LogP contribution in [0.25, 0.3) is 11.1 Å². The maximum Gasteiger partial charge on any atom is 0.118 e. The van der Waals surface area contributed by atoms with Gasteiger partial charge in [-0.15, -0.1) is 23.5 Å². The lowest BCUT2D eigenvalue weighted by molar-refractivity contribution is 0.415. The van der Waals surface area contributed by atoms with Gasteiger partial charge in [0.1, 0.15) is 5.75 Å². The van der Waals surface area contributed by atoms with Crippen molar-refractivity contribution in [2.24, 2.45) is 0 Å². The molecule has 0 N–H and O–H groups in total. The minimum Gasteiger partial charge on any atom is -0.497 e. The van der Waals surface area contributed by atoms with Crippen LogP contribution in [0.3, 0.4) is 0 Å². The minimum atomic E-state index is 0.671. The Morgan fingerprint density at radius 2 is 1.18 bits per heavy atom. The van der Waals surface area contributed by atoms with E-state index in [9.17, 15) is 5.26 Å². The van der Waals surface area contributed by atoms with Gasteiger partial charge in [0.05, 0.1) is 35.7 Å². The average Bonchev–Trinajstić information content (AvgIpc) is 3.43. The lowest BCUT2D eigenvalue weighted by Gasteiger charge is -2.19. The molecule has 2 nitrogen and oxygen atoms in total. The topological polar surface area (TPSA) is 33.0 Å². The molecule has 0 saturated heterocycles. The van der Waals surface area contributed by atoms with Crippen LogP contribution in [-0.4, -0.2) is 19.6 Å². The second kappa shape index (κ2) is 11.7. The van der Waals surface area contributed by atoms with Gasteiger partial charge >= 0.3 is 0 Å². The molecule has 0 saturated carbocycles. The lowest BCUT2D eigenvalue weighted by Crippen LogP contribution is -1.96. The third-order valence-corrected chi connectivity index (χ3v) is 13.1. The van der Waals surface area contributed by atoms with Gasteiger partial charge in [-0.2, -0.15) is 5.26 Å². The second-order valence-corrected chi connectivity index (χ2v) is 14.4. The molecule has 0 aromatic heterocycles. The SMILES string of the molecule is COc1ccc(C(=C2\SC(C)=C(SC)S2)/C(=C2/SC(C)=C(SC)S2)c2ccc(C#N)cc2)cc1. The Balaban J connectivity index is 1.96. The summed E-state index contributed by atoms with van der Waals surface area (Å²) < 4.78 is 10.7. The van der Waals surface area contributed by atoms with E-state index in [1.54, 1.807) is 30.6 Å². The Morgan fingerprint density at radius 3 is 1.53 bits per heavy atom. The number of methoxy groups -OCH3 is 1. The Hall–Kier alpha value is -1.21. The molecule has 0 spiro atoms. The molecule has 0 fully saturated rings. The summed E-state index contributed by atoms with van der Waals surface area (Å²) in [5, 5.41) is 9.36. The Kier molecular flexibility index (Phi) is 8.89. The molecule has 0 aliphatic carbocycles. The van der Waals surface area contributed by atoms with Crippen LogP contribution < -0.4 is 4.74 Å². The van der Waals surface area contributed by atoms with Crippen LogP contribution in [0.4, 0.5) is 0 Å². The summed E-state index contributed by atoms with van der Waals surface area (Å²) in [4.78, 5) is 2.68. The van der Waals surface area contributed by atoms with E-state index >= 15 is 0 Å². The predicted molar refractivity (Wildman–Crippen MR) is 161 cm³/mol. The molecule has 2 aliphatic rings. The summed E-state index contributed by atoms with van der Waals surface area (Å²) >= 11 is 11.0. The molecule has 34 heavy (non-hydrogen) atoms. The monoisotopic (exact) mass is 557 g/mol. The van der Waals surface area contributed by atoms with Gasteiger partial charge in [0.25, 0.3) is 0 Å². The molecule has 0 unspecified atom stereocenters. The Bertz CT molecular complexity index is 1260. The molecule has 0 radical (unpaired) electrons. The minimum absolute atomic E-state index is 0.671. The van der Waals surface area contributed by atoms with Crippen molar-refractivity contribution in [3.8, 4) is 11.8 Å². The number of rotatable bonds is 6. The second-order valence-electron chi connectivity index (χ2n) is 7.25. The van der Waals surface area contributed by atoms with Crippen molar-refractivity contribution in [2.45, 2.75) is 13.8 Å². The van der Waals surface area contributed by atoms with Gasteiger partial charge in [-0.1, -0.05) is 71.3 Å². The first-order chi connectivity index (χ1) is 16.5. The Morgan fingerprint density at radius 1 is 0.735 bits per heavy atom. The zero-order chi connectivity index (χ0) is 24.2. The third kappa shape index (κ3) is 5.45. The van der Waals surface area contributed by atoms with E-state index in [4.69, 9.17) is 4.74 Å². The summed E-state index contributed by atoms with van der Waals surface area (Å²) in [6, 6.07) is 18.6. The van der Waals surface area contributed by atoms with Crippen LogP contribution in [0.2, 0.25) is 0 Å². The fraction of sp³-hybridized carbons (Fsp3) is 0.192. The fourth-order valence-electron chi connectivity index (χ4n) is 3.49. The standard InChI is InChI=1S/C26H23NOS6/c1-15-23(29-4)33-25(31-15)21(18-8-6-17(14-27)7-9-18)22(19-10-12-20(28-3)13-11-19)26-32-16(2)24(30-5)34-26/h6-13H,1-5H3/b25-21-,26-22-. The molecule has 0 amide bonds. The summed E-state index contributed by atoms with van der Waals surface area (Å²) in [5.41, 5.74) is 5.41. The van der Waals surface area contributed by atoms with Gasteiger partial charge < -0.3 is 4.74 Å². The van der Waals surface area contributed by atoms with Crippen LogP contribution in [0, 0.1) is 11.3 Å². The van der Waals surface area contributed by atoms with Crippen molar-refractivity contribution in [2.75, 3.05) is 19.6 Å². The smallest absolute Gasteiger partial charge is 0.118 e. The average molecular weight is 558 g/mol. The van der Waals surface area contributed by atoms with Gasteiger partial charge in [-0.3, -0.25) is 0 Å². The highest BCUT2D eigenvalue weighted by Gasteiger charge is 2.29. The Labute approximate surface area is 227 Å². The van der Waals surface area contributed by atoms with E-state index < -0.39 is 0 Å². The van der Waals surface area contributed by atoms with E-state index in [2.05, 4.69) is 56.7 Å². The predicted octanol–water partition coefficient (Wildman–Crippen LogP) is 9.67. The van der Waals surface area contributed by atoms with Crippen molar-refractivity contribution < 1.29 is 4.74 Å². The van der Waals surface area contributed by atoms with E-state index in [1.165, 1.54) is 37.9 Å². The van der Waals surface area contributed by atoms with E-state index in [-0.39, 0.29) is 0 Å². The van der Waals surface area contributed by atoms with Crippen LogP contribution in [0.5, 0.6) is 5.75 Å². The number of benzene rings is 2. The normalized spacial score (nSPS) is 18.9. The molecule has 0 bridgehead atoms. The molecule has 2 heterocycles. The number of hydrogen-bond donors (Lipinski definition) is 0. The lowest BCUT2D eigenvalue weighted by atomic mass is 9.94. The zero-order valence-electron chi connectivity index (χ0n) is 19.4. The maximum atomic E-state index is 9.36. The molecular weight excluding hydrogens is 535 g/mol. The van der Waals surface area contributed by atoms with Crippen LogP contribution in [-0.2, 0) is 0 Å². The van der Waals surface area contributed by atoms with Crippen LogP contribution >= 0.6 is 70.6 Å². The summed E-state index contributed by atoms with van der Waals surface area (Å²) in [7, 11) is 1.70. The molecule has 2 aromatic rings. The van der Waals surface area contributed by atoms with Gasteiger partial charge in [-0.05, 0) is 61.8 Å². The van der Waals surface area contributed by atoms with Crippen molar-refractivity contribution in [3.05, 3.63) is 92.0 Å². The van der Waals surface area contributed by atoms with Gasteiger partial charge in [-0.25, -0.2) is 0 Å². The molecule has 8 heteroatoms. The number of nitrogens with zero attached hydrogens (tertiary/aromatic N) is 1. The maximum absolute atomic E-state index is 9.36. The van der Waals surface area contributed by atoms with Gasteiger partial charge in [0.15, 0.2) is 0 Å². The van der Waals surface area contributed by atoms with E-state index in [1.807, 2.05) is 71.3 Å². The quantitative estimate of drug-likeness (QED) is 0.347. The number of hydrogen-bond acceptors (Lipinski definition) is 8. The fourth-order valence-corrected chi connectivity index (χ4v) is 11.0. The summed E-state index contributed by atoms with van der Waals surface area (Å²) in [5.74, 6) is 0.846. The molecule has 2 aromatic carbocycles. The summed E-state index contributed by atoms with van der Waals surface area (Å²) in [6.07, 6.45) is 4.28. The number of ether oxygens (including phenoxy) is 1. The number of allylic oxidation sites excluding steroid dienone is 4. The van der Waals surface area contributed by atoms with E-state index in [0.29, 0.717) is 5.56 Å². The molecule has 0 atom stereocenters. The number of nitriles is 1. The largest absolute Gasteiger partial charge is 0.497 e. The van der Waals surface area contributed by atoms with Crippen molar-refractivity contribution >= 4 is 81.7 Å². The first-order valence-corrected chi connectivity index (χ1v) is 16.1. The van der Waals surface area contributed by atoms with E-state index in [0.717, 1.165) is 16.9 Å². The molecule has 174 valence electrons. The zero-order valence-corrected chi connectivity index (χ0v) is 24.3. The first kappa shape index (κ1) is 25.9. The van der Waals surface area contributed by atoms with Crippen LogP contribution in [0.1, 0.15) is 30.5 Å². The summed E-state index contributed by atoms with van der Waals surface area (Å²) in [6.45, 7) is 4.40. The molecule has 4 rings (SSSR count). The highest BCUT2D eigenvalue weighted by atomic mass is 32.2. The molecular formula is C26H23NOS6. The highest BCUT2D eigenvalue weighted by molar-refractivity contribution is 8.36. The number of thioether (sulfide) groups is 6. The van der Waals surface area contributed by atoms with Crippen molar-refractivity contribution in [1.29, 1.82) is 5.26 Å². The first-order valence-electron chi connectivity index (χ1n) is 10.3. The van der Waals surface area contributed by atoms with Crippen molar-refractivity contribution in [1.82, 2.24) is 0 Å². The highest BCUT2D eigenvalue weighted by Crippen LogP contribution is 2.61.